The van der Waals surface area contributed by atoms with E-state index in [-0.39, 0.29) is 0 Å². The molecule has 4 nitrogen and oxygen atoms in total. The minimum absolute atomic E-state index is 0.634. The first-order chi connectivity index (χ1) is 8.63. The molecule has 100 valence electrons. The maximum Gasteiger partial charge on any atom is 0.148 e. The monoisotopic (exact) mass is 312 g/mol. The Morgan fingerprint density at radius 2 is 2.17 bits per heavy atom. The van der Waals surface area contributed by atoms with Crippen molar-refractivity contribution in [1.82, 2.24) is 9.97 Å². The molecule has 1 heterocycles. The van der Waals surface area contributed by atoms with Crippen LogP contribution >= 0.6 is 15.9 Å². The van der Waals surface area contributed by atoms with Gasteiger partial charge in [-0.1, -0.05) is 13.8 Å². The predicted octanol–water partition coefficient (Wildman–Crippen LogP) is 3.30. The Balaban J connectivity index is 2.26. The van der Waals surface area contributed by atoms with Crippen LogP contribution in [0.15, 0.2) is 10.8 Å². The van der Waals surface area contributed by atoms with Gasteiger partial charge in [0.15, 0.2) is 0 Å². The topological polar surface area (TPSA) is 41.1 Å². The number of nitrogens with zero attached hydrogens (tertiary/aromatic N) is 3. The first kappa shape index (κ1) is 13.6. The zero-order valence-corrected chi connectivity index (χ0v) is 12.9. The summed E-state index contributed by atoms with van der Waals surface area (Å²) in [4.78, 5) is 11.2. The van der Waals surface area contributed by atoms with E-state index in [2.05, 4.69) is 56.9 Å². The second-order valence-corrected chi connectivity index (χ2v) is 5.96. The average molecular weight is 313 g/mol. The van der Waals surface area contributed by atoms with Crippen molar-refractivity contribution in [2.75, 3.05) is 23.3 Å². The maximum absolute atomic E-state index is 4.46. The third kappa shape index (κ3) is 3.13. The van der Waals surface area contributed by atoms with Crippen molar-refractivity contribution in [3.63, 3.8) is 0 Å². The van der Waals surface area contributed by atoms with E-state index in [1.165, 1.54) is 12.8 Å². The Labute approximate surface area is 117 Å². The Hall–Kier alpha value is -0.840. The lowest BCUT2D eigenvalue weighted by Gasteiger charge is -2.26. The summed E-state index contributed by atoms with van der Waals surface area (Å²) < 4.78 is 0.986. The molecule has 1 N–H and O–H groups in total. The highest BCUT2D eigenvalue weighted by Gasteiger charge is 2.32. The van der Waals surface area contributed by atoms with Crippen LogP contribution in [0.1, 0.15) is 33.6 Å². The lowest BCUT2D eigenvalue weighted by Crippen LogP contribution is -2.31. The molecule has 0 atom stereocenters. The second kappa shape index (κ2) is 5.87. The van der Waals surface area contributed by atoms with Crippen molar-refractivity contribution in [3.05, 3.63) is 10.8 Å². The van der Waals surface area contributed by atoms with Gasteiger partial charge in [0.1, 0.15) is 22.4 Å². The number of rotatable bonds is 6. The third-order valence-corrected chi connectivity index (χ3v) is 3.67. The van der Waals surface area contributed by atoms with Crippen molar-refractivity contribution < 1.29 is 0 Å². The van der Waals surface area contributed by atoms with E-state index in [1.807, 2.05) is 0 Å². The molecule has 0 aliphatic heterocycles. The van der Waals surface area contributed by atoms with Crippen LogP contribution in [0.3, 0.4) is 0 Å². The van der Waals surface area contributed by atoms with Crippen LogP contribution in [0.25, 0.3) is 0 Å². The summed E-state index contributed by atoms with van der Waals surface area (Å²) in [5.74, 6) is 2.55. The van der Waals surface area contributed by atoms with E-state index in [4.69, 9.17) is 0 Å². The van der Waals surface area contributed by atoms with Gasteiger partial charge in [0.25, 0.3) is 0 Å². The highest BCUT2D eigenvalue weighted by Crippen LogP contribution is 2.37. The average Bonchev–Trinajstić information content (AvgIpc) is 3.13. The summed E-state index contributed by atoms with van der Waals surface area (Å²) in [6.07, 6.45) is 4.20. The van der Waals surface area contributed by atoms with E-state index >= 15 is 0 Å². The molecule has 0 spiro atoms. The Bertz CT molecular complexity index is 404. The lowest BCUT2D eigenvalue weighted by atomic mass is 10.2. The van der Waals surface area contributed by atoms with Gasteiger partial charge in [-0.2, -0.15) is 0 Å². The van der Waals surface area contributed by atoms with Gasteiger partial charge in [0.2, 0.25) is 0 Å². The van der Waals surface area contributed by atoms with Gasteiger partial charge in [0.05, 0.1) is 0 Å². The highest BCUT2D eigenvalue weighted by atomic mass is 79.9. The number of halogens is 1. The Morgan fingerprint density at radius 3 is 2.72 bits per heavy atom. The molecular weight excluding hydrogens is 292 g/mol. The number of nitrogens with one attached hydrogen (secondary N) is 1. The van der Waals surface area contributed by atoms with Crippen LogP contribution in [0, 0.1) is 5.92 Å². The molecule has 5 heteroatoms. The molecule has 0 bridgehead atoms. The van der Waals surface area contributed by atoms with Gasteiger partial charge in [-0.15, -0.1) is 0 Å². The molecular formula is C13H21BrN4. The summed E-state index contributed by atoms with van der Waals surface area (Å²) in [5.41, 5.74) is 0. The molecule has 1 aromatic rings. The Kier molecular flexibility index (Phi) is 4.43. The van der Waals surface area contributed by atoms with Gasteiger partial charge >= 0.3 is 0 Å². The van der Waals surface area contributed by atoms with Crippen LogP contribution in [-0.2, 0) is 0 Å². The van der Waals surface area contributed by atoms with Gasteiger partial charge in [-0.25, -0.2) is 9.97 Å². The van der Waals surface area contributed by atoms with Gasteiger partial charge in [-0.3, -0.25) is 0 Å². The normalized spacial score (nSPS) is 14.9. The minimum Gasteiger partial charge on any atom is -0.369 e. The Morgan fingerprint density at radius 1 is 1.44 bits per heavy atom. The van der Waals surface area contributed by atoms with Crippen molar-refractivity contribution in [1.29, 1.82) is 0 Å². The molecule has 0 radical (unpaired) electrons. The van der Waals surface area contributed by atoms with Crippen molar-refractivity contribution >= 4 is 27.6 Å². The fourth-order valence-electron chi connectivity index (χ4n) is 2.04. The number of aromatic nitrogens is 2. The van der Waals surface area contributed by atoms with E-state index < -0.39 is 0 Å². The maximum atomic E-state index is 4.46. The minimum atomic E-state index is 0.634. The molecule has 1 aliphatic rings. The highest BCUT2D eigenvalue weighted by molar-refractivity contribution is 9.10. The standard InChI is InChI=1S/C13H21BrN4/c1-4-15-12-11(14)13(17-8-16-12)18(7-9(2)3)10-5-6-10/h8-10H,4-7H2,1-3H3,(H,15,16,17). The molecule has 18 heavy (non-hydrogen) atoms. The lowest BCUT2D eigenvalue weighted by molar-refractivity contribution is 0.601. The van der Waals surface area contributed by atoms with Crippen LogP contribution in [0.5, 0.6) is 0 Å². The zero-order valence-electron chi connectivity index (χ0n) is 11.3. The van der Waals surface area contributed by atoms with Gasteiger partial charge in [0, 0.05) is 19.1 Å². The molecule has 1 saturated carbocycles. The van der Waals surface area contributed by atoms with Gasteiger partial charge < -0.3 is 10.2 Å². The van der Waals surface area contributed by atoms with E-state index in [1.54, 1.807) is 6.33 Å². The molecule has 0 aromatic carbocycles. The summed E-state index contributed by atoms with van der Waals surface area (Å²) in [5, 5.41) is 3.26. The third-order valence-electron chi connectivity index (χ3n) is 2.94. The van der Waals surface area contributed by atoms with Crippen LogP contribution in [0.2, 0.25) is 0 Å². The summed E-state index contributed by atoms with van der Waals surface area (Å²) in [7, 11) is 0. The molecule has 0 unspecified atom stereocenters. The molecule has 0 saturated heterocycles. The second-order valence-electron chi connectivity index (χ2n) is 5.17. The molecule has 0 amide bonds. The predicted molar refractivity (Wildman–Crippen MR) is 79.1 cm³/mol. The van der Waals surface area contributed by atoms with E-state index in [0.717, 1.165) is 29.2 Å². The number of hydrogen-bond acceptors (Lipinski definition) is 4. The van der Waals surface area contributed by atoms with Gasteiger partial charge in [-0.05, 0) is 41.6 Å². The summed E-state index contributed by atoms with van der Waals surface area (Å²) >= 11 is 3.64. The summed E-state index contributed by atoms with van der Waals surface area (Å²) in [6, 6.07) is 0.660. The SMILES string of the molecule is CCNc1ncnc(N(CC(C)C)C2CC2)c1Br. The van der Waals surface area contributed by atoms with Crippen molar-refractivity contribution in [3.8, 4) is 0 Å². The van der Waals surface area contributed by atoms with E-state index in [0.29, 0.717) is 12.0 Å². The zero-order chi connectivity index (χ0) is 13.1. The van der Waals surface area contributed by atoms with E-state index in [9.17, 15) is 0 Å². The molecule has 2 rings (SSSR count). The first-order valence-electron chi connectivity index (χ1n) is 6.64. The number of anilines is 2. The fourth-order valence-corrected chi connectivity index (χ4v) is 2.61. The molecule has 1 fully saturated rings. The molecule has 1 aliphatic carbocycles. The van der Waals surface area contributed by atoms with Crippen molar-refractivity contribution in [2.45, 2.75) is 39.7 Å². The van der Waals surface area contributed by atoms with Crippen LogP contribution < -0.4 is 10.2 Å². The fraction of sp³-hybridized carbons (Fsp3) is 0.692. The van der Waals surface area contributed by atoms with Crippen molar-refractivity contribution in [2.24, 2.45) is 5.92 Å². The summed E-state index contributed by atoms with van der Waals surface area (Å²) in [6.45, 7) is 8.47. The number of hydrogen-bond donors (Lipinski definition) is 1. The molecule has 1 aromatic heterocycles. The first-order valence-corrected chi connectivity index (χ1v) is 7.43. The largest absolute Gasteiger partial charge is 0.369 e. The smallest absolute Gasteiger partial charge is 0.148 e. The van der Waals surface area contributed by atoms with Crippen LogP contribution in [-0.4, -0.2) is 29.1 Å². The quantitative estimate of drug-likeness (QED) is 0.875. The van der Waals surface area contributed by atoms with Crippen LogP contribution in [0.4, 0.5) is 11.6 Å².